The van der Waals surface area contributed by atoms with E-state index in [-0.39, 0.29) is 0 Å². The third-order valence-corrected chi connectivity index (χ3v) is 5.96. The van der Waals surface area contributed by atoms with Gasteiger partial charge in [-0.1, -0.05) is 6.92 Å². The molecule has 1 N–H and O–H groups in total. The van der Waals surface area contributed by atoms with Crippen molar-refractivity contribution in [2.24, 2.45) is 17.8 Å². The summed E-state index contributed by atoms with van der Waals surface area (Å²) in [5.41, 5.74) is 0. The summed E-state index contributed by atoms with van der Waals surface area (Å²) in [4.78, 5) is 3.10. The van der Waals surface area contributed by atoms with Gasteiger partial charge in [-0.05, 0) is 69.0 Å². The van der Waals surface area contributed by atoms with Crippen LogP contribution in [0.4, 0.5) is 0 Å². The van der Waals surface area contributed by atoms with Crippen LogP contribution in [0.3, 0.4) is 0 Å². The van der Waals surface area contributed by atoms with Gasteiger partial charge in [0.25, 0.3) is 0 Å². The number of hydrogen-bond acceptors (Lipinski definition) is 2. The molecule has 3 atom stereocenters. The molecule has 94 valence electrons. The fourth-order valence-electron chi connectivity index (χ4n) is 3.53. The smallest absolute Gasteiger partial charge is 0.0141 e. The largest absolute Gasteiger partial charge is 0.316 e. The van der Waals surface area contributed by atoms with Crippen LogP contribution in [-0.4, -0.2) is 13.1 Å². The first kappa shape index (κ1) is 11.7. The van der Waals surface area contributed by atoms with E-state index in [1.54, 1.807) is 4.88 Å². The van der Waals surface area contributed by atoms with Crippen molar-refractivity contribution in [3.63, 3.8) is 0 Å². The summed E-state index contributed by atoms with van der Waals surface area (Å²) in [6.07, 6.45) is 6.93. The quantitative estimate of drug-likeness (QED) is 0.842. The number of hydrogen-bond donors (Lipinski definition) is 1. The van der Waals surface area contributed by atoms with Crippen LogP contribution < -0.4 is 5.32 Å². The van der Waals surface area contributed by atoms with E-state index in [2.05, 4.69) is 31.4 Å². The molecule has 0 spiro atoms. The molecular formula is C15H23NS. The highest BCUT2D eigenvalue weighted by molar-refractivity contribution is 7.11. The van der Waals surface area contributed by atoms with Gasteiger partial charge in [0.15, 0.2) is 0 Å². The number of rotatable bonds is 5. The lowest BCUT2D eigenvalue weighted by atomic mass is 9.92. The fourth-order valence-corrected chi connectivity index (χ4v) is 4.55. The lowest BCUT2D eigenvalue weighted by Crippen LogP contribution is -2.34. The molecular weight excluding hydrogens is 226 g/mol. The Morgan fingerprint density at radius 2 is 1.94 bits per heavy atom. The van der Waals surface area contributed by atoms with Gasteiger partial charge in [0.1, 0.15) is 0 Å². The highest BCUT2D eigenvalue weighted by Crippen LogP contribution is 2.55. The van der Waals surface area contributed by atoms with Crippen molar-refractivity contribution in [1.82, 2.24) is 5.32 Å². The van der Waals surface area contributed by atoms with Crippen LogP contribution in [0.15, 0.2) is 12.1 Å². The second-order valence-corrected chi connectivity index (χ2v) is 7.06. The minimum Gasteiger partial charge on any atom is -0.316 e. The predicted molar refractivity (Wildman–Crippen MR) is 74.6 cm³/mol. The van der Waals surface area contributed by atoms with Crippen molar-refractivity contribution >= 4 is 11.3 Å². The standard InChI is InChI=1S/C15H23NS/c1-3-13-4-5-14(17-13)9-15(16-2)12-7-10-6-11(10)8-12/h4-5,10-12,15-16H,3,6-9H2,1-2H3. The van der Waals surface area contributed by atoms with Gasteiger partial charge in [-0.15, -0.1) is 11.3 Å². The van der Waals surface area contributed by atoms with E-state index < -0.39 is 0 Å². The summed E-state index contributed by atoms with van der Waals surface area (Å²) in [5.74, 6) is 3.15. The molecule has 1 aromatic heterocycles. The zero-order valence-electron chi connectivity index (χ0n) is 10.9. The molecule has 0 aliphatic heterocycles. The van der Waals surface area contributed by atoms with E-state index in [0.717, 1.165) is 17.8 Å². The Bertz CT molecular complexity index is 374. The molecule has 0 saturated heterocycles. The van der Waals surface area contributed by atoms with Crippen molar-refractivity contribution < 1.29 is 0 Å². The average molecular weight is 249 g/mol. The molecule has 3 unspecified atom stereocenters. The summed E-state index contributed by atoms with van der Waals surface area (Å²) >= 11 is 2.01. The second kappa shape index (κ2) is 4.74. The maximum absolute atomic E-state index is 3.57. The summed E-state index contributed by atoms with van der Waals surface area (Å²) in [6.45, 7) is 2.25. The van der Waals surface area contributed by atoms with Crippen LogP contribution in [0.25, 0.3) is 0 Å². The predicted octanol–water partition coefficient (Wildman–Crippen LogP) is 3.49. The van der Waals surface area contributed by atoms with Crippen LogP contribution in [0.5, 0.6) is 0 Å². The molecule has 0 amide bonds. The zero-order valence-corrected chi connectivity index (χ0v) is 11.7. The molecule has 3 rings (SSSR count). The van der Waals surface area contributed by atoms with E-state index >= 15 is 0 Å². The maximum Gasteiger partial charge on any atom is 0.0141 e. The molecule has 1 aromatic rings. The molecule has 1 heterocycles. The van der Waals surface area contributed by atoms with E-state index in [1.165, 1.54) is 37.0 Å². The van der Waals surface area contributed by atoms with Crippen LogP contribution in [0.2, 0.25) is 0 Å². The highest BCUT2D eigenvalue weighted by Gasteiger charge is 2.47. The fraction of sp³-hybridized carbons (Fsp3) is 0.733. The minimum absolute atomic E-state index is 0.714. The average Bonchev–Trinajstić information content (AvgIpc) is 2.81. The SMILES string of the molecule is CCc1ccc(CC(NC)C2CC3CC3C2)s1. The summed E-state index contributed by atoms with van der Waals surface area (Å²) < 4.78 is 0. The van der Waals surface area contributed by atoms with Gasteiger partial charge in [0.2, 0.25) is 0 Å². The molecule has 2 heteroatoms. The molecule has 2 aliphatic rings. The van der Waals surface area contributed by atoms with Crippen LogP contribution in [0.1, 0.15) is 35.9 Å². The lowest BCUT2D eigenvalue weighted by Gasteiger charge is -2.23. The number of fused-ring (bicyclic) bond motifs is 1. The van der Waals surface area contributed by atoms with Crippen molar-refractivity contribution in [1.29, 1.82) is 0 Å². The summed E-state index contributed by atoms with van der Waals surface area (Å²) in [5, 5.41) is 3.57. The number of likely N-dealkylation sites (N-methyl/N-ethyl adjacent to an activating group) is 1. The summed E-state index contributed by atoms with van der Waals surface area (Å²) in [7, 11) is 2.14. The molecule has 17 heavy (non-hydrogen) atoms. The van der Waals surface area contributed by atoms with Crippen molar-refractivity contribution in [2.45, 2.75) is 45.1 Å². The Morgan fingerprint density at radius 3 is 2.53 bits per heavy atom. The topological polar surface area (TPSA) is 12.0 Å². The van der Waals surface area contributed by atoms with Crippen LogP contribution in [-0.2, 0) is 12.8 Å². The number of aryl methyl sites for hydroxylation is 1. The van der Waals surface area contributed by atoms with Crippen molar-refractivity contribution in [3.05, 3.63) is 21.9 Å². The first-order valence-electron chi connectivity index (χ1n) is 7.05. The zero-order chi connectivity index (χ0) is 11.8. The van der Waals surface area contributed by atoms with Gasteiger partial charge in [-0.3, -0.25) is 0 Å². The molecule has 0 bridgehead atoms. The highest BCUT2D eigenvalue weighted by atomic mass is 32.1. The Labute approximate surface area is 109 Å². The van der Waals surface area contributed by atoms with Crippen molar-refractivity contribution in [2.75, 3.05) is 7.05 Å². The molecule has 2 saturated carbocycles. The van der Waals surface area contributed by atoms with Crippen LogP contribution in [0, 0.1) is 17.8 Å². The van der Waals surface area contributed by atoms with Crippen LogP contribution >= 0.6 is 11.3 Å². The van der Waals surface area contributed by atoms with Gasteiger partial charge in [-0.25, -0.2) is 0 Å². The normalized spacial score (nSPS) is 32.5. The van der Waals surface area contributed by atoms with Gasteiger partial charge < -0.3 is 5.32 Å². The third kappa shape index (κ3) is 2.43. The summed E-state index contributed by atoms with van der Waals surface area (Å²) in [6, 6.07) is 5.36. The maximum atomic E-state index is 3.57. The first-order chi connectivity index (χ1) is 8.30. The first-order valence-corrected chi connectivity index (χ1v) is 7.86. The van der Waals surface area contributed by atoms with Gasteiger partial charge in [0, 0.05) is 15.8 Å². The van der Waals surface area contributed by atoms with E-state index in [9.17, 15) is 0 Å². The van der Waals surface area contributed by atoms with Gasteiger partial charge >= 0.3 is 0 Å². The lowest BCUT2D eigenvalue weighted by molar-refractivity contribution is 0.350. The van der Waals surface area contributed by atoms with E-state index in [0.29, 0.717) is 6.04 Å². The third-order valence-electron chi connectivity index (χ3n) is 4.71. The number of nitrogens with one attached hydrogen (secondary N) is 1. The number of thiophene rings is 1. The molecule has 0 aromatic carbocycles. The molecule has 1 nitrogen and oxygen atoms in total. The Hall–Kier alpha value is -0.340. The van der Waals surface area contributed by atoms with E-state index in [1.807, 2.05) is 11.3 Å². The minimum atomic E-state index is 0.714. The Balaban J connectivity index is 1.61. The molecule has 0 radical (unpaired) electrons. The molecule has 2 aliphatic carbocycles. The molecule has 2 fully saturated rings. The monoisotopic (exact) mass is 249 g/mol. The Kier molecular flexibility index (Phi) is 3.27. The van der Waals surface area contributed by atoms with Gasteiger partial charge in [-0.2, -0.15) is 0 Å². The van der Waals surface area contributed by atoms with Gasteiger partial charge in [0.05, 0.1) is 0 Å². The van der Waals surface area contributed by atoms with Crippen molar-refractivity contribution in [3.8, 4) is 0 Å². The second-order valence-electron chi connectivity index (χ2n) is 5.81. The van der Waals surface area contributed by atoms with E-state index in [4.69, 9.17) is 0 Å². The Morgan fingerprint density at radius 1 is 1.24 bits per heavy atom.